The maximum absolute atomic E-state index is 12.6. The zero-order valence-electron chi connectivity index (χ0n) is 17.4. The fourth-order valence-electron chi connectivity index (χ4n) is 3.01. The summed E-state index contributed by atoms with van der Waals surface area (Å²) in [6.07, 6.45) is 1.48. The lowest BCUT2D eigenvalue weighted by atomic mass is 10.1. The highest BCUT2D eigenvalue weighted by Crippen LogP contribution is 2.23. The third kappa shape index (κ3) is 5.80. The van der Waals surface area contributed by atoms with E-state index in [4.69, 9.17) is 4.74 Å². The van der Waals surface area contributed by atoms with Gasteiger partial charge >= 0.3 is 0 Å². The Balaban J connectivity index is 1.73. The molecule has 0 aliphatic heterocycles. The molecule has 0 heterocycles. The number of carbonyl (C=O) groups excluding carboxylic acids is 1. The molecule has 0 aromatic heterocycles. The highest BCUT2D eigenvalue weighted by molar-refractivity contribution is 6.02. The lowest BCUT2D eigenvalue weighted by molar-refractivity contribution is -0.384. The maximum atomic E-state index is 12.6. The van der Waals surface area contributed by atoms with E-state index in [0.717, 1.165) is 11.1 Å². The van der Waals surface area contributed by atoms with Gasteiger partial charge in [-0.25, -0.2) is 0 Å². The van der Waals surface area contributed by atoms with Crippen LogP contribution in [0.2, 0.25) is 0 Å². The first-order valence-corrected chi connectivity index (χ1v) is 9.90. The number of ether oxygens (including phenoxy) is 1. The Morgan fingerprint density at radius 2 is 1.75 bits per heavy atom. The van der Waals surface area contributed by atoms with Crippen molar-refractivity contribution in [2.75, 3.05) is 0 Å². The van der Waals surface area contributed by atoms with E-state index in [1.165, 1.54) is 18.2 Å². The van der Waals surface area contributed by atoms with Crippen LogP contribution in [0, 0.1) is 21.4 Å². The second kappa shape index (κ2) is 10.5. The van der Waals surface area contributed by atoms with Gasteiger partial charge in [0, 0.05) is 17.7 Å². The van der Waals surface area contributed by atoms with Crippen LogP contribution >= 0.6 is 0 Å². The summed E-state index contributed by atoms with van der Waals surface area (Å²) in [6, 6.07) is 24.3. The number of nitriles is 1. The lowest BCUT2D eigenvalue weighted by Crippen LogP contribution is -2.27. The van der Waals surface area contributed by atoms with Crippen molar-refractivity contribution < 1.29 is 14.5 Å². The molecule has 3 aromatic carbocycles. The Kier molecular flexibility index (Phi) is 7.33. The number of non-ortho nitro benzene ring substituents is 1. The molecular weight excluding hydrogens is 406 g/mol. The maximum Gasteiger partial charge on any atom is 0.269 e. The molecule has 3 rings (SSSR count). The van der Waals surface area contributed by atoms with Crippen LogP contribution < -0.4 is 10.1 Å². The molecule has 0 aliphatic rings. The molecule has 0 unspecified atom stereocenters. The summed E-state index contributed by atoms with van der Waals surface area (Å²) in [5.41, 5.74) is 2.23. The number of nitrogens with zero attached hydrogens (tertiary/aromatic N) is 2. The number of nitrogens with one attached hydrogen (secondary N) is 1. The quantitative estimate of drug-likeness (QED) is 0.237. The molecule has 0 saturated heterocycles. The standard InChI is InChI=1S/C25H21N3O4/c1-18(20-7-3-2-4-8-20)27-25(29)22(16-26)15-21-9-5-6-10-24(21)32-17-19-11-13-23(14-12-19)28(30)31/h2-15,18H,17H2,1H3,(H,27,29)/b22-15+/t18-/m1/s1. The van der Waals surface area contributed by atoms with Gasteiger partial charge in [0.1, 0.15) is 24.0 Å². The Bertz CT molecular complexity index is 1170. The number of hydrogen-bond acceptors (Lipinski definition) is 5. The number of rotatable bonds is 8. The van der Waals surface area contributed by atoms with E-state index >= 15 is 0 Å². The van der Waals surface area contributed by atoms with Gasteiger partial charge in [0.05, 0.1) is 11.0 Å². The molecular formula is C25H21N3O4. The fraction of sp³-hybridized carbons (Fsp3) is 0.120. The summed E-state index contributed by atoms with van der Waals surface area (Å²) in [5.74, 6) is 0.0107. The van der Waals surface area contributed by atoms with Crippen LogP contribution in [-0.4, -0.2) is 10.8 Å². The second-order valence-electron chi connectivity index (χ2n) is 7.03. The summed E-state index contributed by atoms with van der Waals surface area (Å²) in [4.78, 5) is 23.0. The third-order valence-corrected chi connectivity index (χ3v) is 4.77. The smallest absolute Gasteiger partial charge is 0.269 e. The number of hydrogen-bond donors (Lipinski definition) is 1. The van der Waals surface area contributed by atoms with Crippen molar-refractivity contribution in [1.82, 2.24) is 5.32 Å². The van der Waals surface area contributed by atoms with Crippen LogP contribution in [0.15, 0.2) is 84.4 Å². The first-order valence-electron chi connectivity index (χ1n) is 9.90. The van der Waals surface area contributed by atoms with Gasteiger partial charge in [0.15, 0.2) is 0 Å². The van der Waals surface area contributed by atoms with E-state index < -0.39 is 10.8 Å². The molecule has 32 heavy (non-hydrogen) atoms. The van der Waals surface area contributed by atoms with Crippen molar-refractivity contribution in [3.05, 3.63) is 111 Å². The van der Waals surface area contributed by atoms with Crippen LogP contribution in [0.1, 0.15) is 29.7 Å². The monoisotopic (exact) mass is 427 g/mol. The fourth-order valence-corrected chi connectivity index (χ4v) is 3.01. The van der Waals surface area contributed by atoms with Crippen molar-refractivity contribution in [2.24, 2.45) is 0 Å². The molecule has 0 fully saturated rings. The molecule has 160 valence electrons. The molecule has 0 radical (unpaired) electrons. The molecule has 7 heteroatoms. The average molecular weight is 427 g/mol. The van der Waals surface area contributed by atoms with Crippen molar-refractivity contribution >= 4 is 17.7 Å². The molecule has 0 aliphatic carbocycles. The molecule has 1 amide bonds. The van der Waals surface area contributed by atoms with Crippen molar-refractivity contribution in [3.8, 4) is 11.8 Å². The molecule has 3 aromatic rings. The molecule has 1 atom stereocenters. The van der Waals surface area contributed by atoms with E-state index in [0.29, 0.717) is 11.3 Å². The average Bonchev–Trinajstić information content (AvgIpc) is 2.82. The van der Waals surface area contributed by atoms with E-state index in [-0.39, 0.29) is 23.9 Å². The van der Waals surface area contributed by atoms with Crippen LogP contribution in [0.4, 0.5) is 5.69 Å². The van der Waals surface area contributed by atoms with Crippen molar-refractivity contribution in [3.63, 3.8) is 0 Å². The van der Waals surface area contributed by atoms with Gasteiger partial charge in [0.25, 0.3) is 11.6 Å². The lowest BCUT2D eigenvalue weighted by Gasteiger charge is -2.14. The van der Waals surface area contributed by atoms with Crippen LogP contribution in [0.3, 0.4) is 0 Å². The van der Waals surface area contributed by atoms with Crippen LogP contribution in [-0.2, 0) is 11.4 Å². The Morgan fingerprint density at radius 3 is 2.41 bits per heavy atom. The molecule has 7 nitrogen and oxygen atoms in total. The largest absolute Gasteiger partial charge is 0.488 e. The molecule has 0 saturated carbocycles. The minimum atomic E-state index is -0.478. The number of amides is 1. The summed E-state index contributed by atoms with van der Waals surface area (Å²) in [6.45, 7) is 2.03. The second-order valence-corrected chi connectivity index (χ2v) is 7.03. The number of benzene rings is 3. The van der Waals surface area contributed by atoms with Gasteiger partial charge in [0.2, 0.25) is 0 Å². The molecule has 0 spiro atoms. The zero-order valence-corrected chi connectivity index (χ0v) is 17.4. The van der Waals surface area contributed by atoms with E-state index in [1.54, 1.807) is 36.4 Å². The highest BCUT2D eigenvalue weighted by atomic mass is 16.6. The summed E-state index contributed by atoms with van der Waals surface area (Å²) in [7, 11) is 0. The van der Waals surface area contributed by atoms with E-state index in [1.807, 2.05) is 43.3 Å². The van der Waals surface area contributed by atoms with Gasteiger partial charge in [-0.15, -0.1) is 0 Å². The Morgan fingerprint density at radius 1 is 1.09 bits per heavy atom. The van der Waals surface area contributed by atoms with E-state index in [9.17, 15) is 20.2 Å². The zero-order chi connectivity index (χ0) is 22.9. The SMILES string of the molecule is C[C@@H](NC(=O)/C(C#N)=C/c1ccccc1OCc1ccc([N+](=O)[O-])cc1)c1ccccc1. The van der Waals surface area contributed by atoms with Gasteiger partial charge < -0.3 is 10.1 Å². The van der Waals surface area contributed by atoms with Gasteiger partial charge in [-0.1, -0.05) is 48.5 Å². The minimum Gasteiger partial charge on any atom is -0.488 e. The number of nitro groups is 1. The normalized spacial score (nSPS) is 11.8. The van der Waals surface area contributed by atoms with Crippen LogP contribution in [0.25, 0.3) is 6.08 Å². The van der Waals surface area contributed by atoms with Crippen molar-refractivity contribution in [2.45, 2.75) is 19.6 Å². The number of nitro benzene ring substituents is 1. The minimum absolute atomic E-state index is 0.00601. The topological polar surface area (TPSA) is 105 Å². The highest BCUT2D eigenvalue weighted by Gasteiger charge is 2.15. The van der Waals surface area contributed by atoms with Crippen LogP contribution in [0.5, 0.6) is 5.75 Å². The summed E-state index contributed by atoms with van der Waals surface area (Å²) < 4.78 is 5.84. The molecule has 1 N–H and O–H groups in total. The Labute approximate surface area is 185 Å². The summed E-state index contributed by atoms with van der Waals surface area (Å²) >= 11 is 0. The van der Waals surface area contributed by atoms with E-state index in [2.05, 4.69) is 5.32 Å². The number of carbonyl (C=O) groups is 1. The first kappa shape index (κ1) is 22.2. The predicted octanol–water partition coefficient (Wildman–Crippen LogP) is 4.96. The van der Waals surface area contributed by atoms with Crippen molar-refractivity contribution in [1.29, 1.82) is 5.26 Å². The Hall–Kier alpha value is -4.44. The van der Waals surface area contributed by atoms with Gasteiger partial charge in [-0.3, -0.25) is 14.9 Å². The number of para-hydroxylation sites is 1. The van der Waals surface area contributed by atoms with Gasteiger partial charge in [-0.2, -0.15) is 5.26 Å². The predicted molar refractivity (Wildman–Crippen MR) is 120 cm³/mol. The summed E-state index contributed by atoms with van der Waals surface area (Å²) in [5, 5.41) is 23.1. The molecule has 0 bridgehead atoms. The van der Waals surface area contributed by atoms with Gasteiger partial charge in [-0.05, 0) is 42.3 Å². The first-order chi connectivity index (χ1) is 15.5. The third-order valence-electron chi connectivity index (χ3n) is 4.77.